The maximum absolute atomic E-state index is 12.7. The van der Waals surface area contributed by atoms with Crippen molar-refractivity contribution in [2.45, 2.75) is 0 Å². The molecule has 0 unspecified atom stereocenters. The van der Waals surface area contributed by atoms with E-state index < -0.39 is 0 Å². The summed E-state index contributed by atoms with van der Waals surface area (Å²) in [5.74, 6) is 1.23. The average molecular weight is 351 g/mol. The molecule has 2 aromatic carbocycles. The van der Waals surface area contributed by atoms with Gasteiger partial charge in [0.2, 0.25) is 5.75 Å². The number of hydrogen-bond donors (Lipinski definition) is 1. The Balaban J connectivity index is 1.60. The monoisotopic (exact) mass is 351 g/mol. The molecule has 1 amide bonds. The molecule has 2 heterocycles. The first kappa shape index (κ1) is 16.0. The highest BCUT2D eigenvalue weighted by molar-refractivity contribution is 6.05. The summed E-state index contributed by atoms with van der Waals surface area (Å²) in [5.41, 5.74) is 1.94. The summed E-state index contributed by atoms with van der Waals surface area (Å²) in [5, 5.41) is 7.08. The number of anilines is 1. The van der Waals surface area contributed by atoms with Crippen LogP contribution in [0.25, 0.3) is 5.69 Å². The lowest BCUT2D eigenvalue weighted by Gasteiger charge is -2.21. The molecule has 1 aliphatic rings. The van der Waals surface area contributed by atoms with Crippen LogP contribution in [-0.4, -0.2) is 36.0 Å². The molecule has 0 atom stereocenters. The molecule has 0 aliphatic carbocycles. The van der Waals surface area contributed by atoms with E-state index in [1.165, 1.54) is 7.11 Å². The number of benzene rings is 2. The molecule has 26 heavy (non-hydrogen) atoms. The Morgan fingerprint density at radius 2 is 2.08 bits per heavy atom. The third kappa shape index (κ3) is 3.06. The van der Waals surface area contributed by atoms with Gasteiger partial charge in [0.1, 0.15) is 13.2 Å². The Morgan fingerprint density at radius 3 is 2.88 bits per heavy atom. The molecule has 1 aromatic heterocycles. The van der Waals surface area contributed by atoms with Gasteiger partial charge in [-0.2, -0.15) is 5.10 Å². The van der Waals surface area contributed by atoms with Gasteiger partial charge in [-0.05, 0) is 36.4 Å². The Morgan fingerprint density at radius 1 is 1.19 bits per heavy atom. The van der Waals surface area contributed by atoms with Crippen molar-refractivity contribution in [2.75, 3.05) is 25.6 Å². The number of hydrogen-bond acceptors (Lipinski definition) is 5. The molecule has 132 valence electrons. The maximum Gasteiger partial charge on any atom is 0.255 e. The minimum absolute atomic E-state index is 0.266. The van der Waals surface area contributed by atoms with Gasteiger partial charge < -0.3 is 19.5 Å². The Hall–Kier alpha value is -3.48. The Kier molecular flexibility index (Phi) is 4.18. The van der Waals surface area contributed by atoms with Gasteiger partial charge in [-0.25, -0.2) is 4.68 Å². The predicted octanol–water partition coefficient (Wildman–Crippen LogP) is 2.90. The summed E-state index contributed by atoms with van der Waals surface area (Å²) in [6.45, 7) is 0.891. The number of rotatable bonds is 4. The molecule has 7 heteroatoms. The average Bonchev–Trinajstić information content (AvgIpc) is 3.22. The van der Waals surface area contributed by atoms with Crippen molar-refractivity contribution < 1.29 is 19.0 Å². The SMILES string of the molecule is COc1cc(C(=O)Nc2cccc(-n3cccn3)c2)cc2c1OCCO2. The summed E-state index contributed by atoms with van der Waals surface area (Å²) >= 11 is 0. The van der Waals surface area contributed by atoms with Crippen molar-refractivity contribution >= 4 is 11.6 Å². The summed E-state index contributed by atoms with van der Waals surface area (Å²) in [6, 6.07) is 12.6. The number of nitrogens with one attached hydrogen (secondary N) is 1. The number of ether oxygens (including phenoxy) is 3. The third-order valence-corrected chi connectivity index (χ3v) is 3.96. The Bertz CT molecular complexity index is 921. The molecular formula is C19H17N3O4. The number of carbonyl (C=O) groups is 1. The molecule has 0 saturated carbocycles. The summed E-state index contributed by atoms with van der Waals surface area (Å²) < 4.78 is 18.2. The van der Waals surface area contributed by atoms with Crippen molar-refractivity contribution in [1.82, 2.24) is 9.78 Å². The van der Waals surface area contributed by atoms with Gasteiger partial charge >= 0.3 is 0 Å². The van der Waals surface area contributed by atoms with E-state index in [2.05, 4.69) is 10.4 Å². The lowest BCUT2D eigenvalue weighted by Crippen LogP contribution is -2.18. The summed E-state index contributed by atoms with van der Waals surface area (Å²) in [6.07, 6.45) is 3.54. The van der Waals surface area contributed by atoms with Gasteiger partial charge in [0.15, 0.2) is 11.5 Å². The summed E-state index contributed by atoms with van der Waals surface area (Å²) in [4.78, 5) is 12.7. The lowest BCUT2D eigenvalue weighted by molar-refractivity contribution is 0.102. The van der Waals surface area contributed by atoms with Crippen LogP contribution in [0.4, 0.5) is 5.69 Å². The van der Waals surface area contributed by atoms with E-state index in [0.29, 0.717) is 41.7 Å². The first-order valence-corrected chi connectivity index (χ1v) is 8.13. The molecule has 4 rings (SSSR count). The number of amides is 1. The minimum Gasteiger partial charge on any atom is -0.493 e. The number of aromatic nitrogens is 2. The molecule has 0 bridgehead atoms. The Labute approximate surface area is 150 Å². The fraction of sp³-hybridized carbons (Fsp3) is 0.158. The zero-order valence-corrected chi connectivity index (χ0v) is 14.1. The number of nitrogens with zero attached hydrogens (tertiary/aromatic N) is 2. The van der Waals surface area contributed by atoms with Crippen molar-refractivity contribution in [3.63, 3.8) is 0 Å². The van der Waals surface area contributed by atoms with Crippen LogP contribution in [0.1, 0.15) is 10.4 Å². The first-order valence-electron chi connectivity index (χ1n) is 8.13. The van der Waals surface area contributed by atoms with Crippen LogP contribution in [0, 0.1) is 0 Å². The van der Waals surface area contributed by atoms with Gasteiger partial charge in [-0.15, -0.1) is 0 Å². The molecule has 0 saturated heterocycles. The zero-order chi connectivity index (χ0) is 17.9. The van der Waals surface area contributed by atoms with Crippen LogP contribution in [0.2, 0.25) is 0 Å². The van der Waals surface area contributed by atoms with Crippen LogP contribution >= 0.6 is 0 Å². The van der Waals surface area contributed by atoms with Crippen molar-refractivity contribution in [3.8, 4) is 22.9 Å². The number of fused-ring (bicyclic) bond motifs is 1. The highest BCUT2D eigenvalue weighted by atomic mass is 16.6. The predicted molar refractivity (Wildman–Crippen MR) is 95.5 cm³/mol. The quantitative estimate of drug-likeness (QED) is 0.782. The van der Waals surface area contributed by atoms with Crippen molar-refractivity contribution in [2.24, 2.45) is 0 Å². The fourth-order valence-electron chi connectivity index (χ4n) is 2.76. The molecular weight excluding hydrogens is 334 g/mol. The number of carbonyl (C=O) groups excluding carboxylic acids is 1. The third-order valence-electron chi connectivity index (χ3n) is 3.96. The van der Waals surface area contributed by atoms with Crippen molar-refractivity contribution in [3.05, 3.63) is 60.4 Å². The lowest BCUT2D eigenvalue weighted by atomic mass is 10.1. The minimum atomic E-state index is -0.266. The topological polar surface area (TPSA) is 74.6 Å². The van der Waals surface area contributed by atoms with Gasteiger partial charge in [-0.3, -0.25) is 4.79 Å². The van der Waals surface area contributed by atoms with E-state index in [1.54, 1.807) is 23.0 Å². The second kappa shape index (κ2) is 6.79. The standard InChI is InChI=1S/C19H17N3O4/c1-24-16-10-13(11-17-18(16)26-9-8-25-17)19(23)21-14-4-2-5-15(12-14)22-7-3-6-20-22/h2-7,10-12H,8-9H2,1H3,(H,21,23). The first-order chi connectivity index (χ1) is 12.7. The highest BCUT2D eigenvalue weighted by Gasteiger charge is 2.21. The zero-order valence-electron chi connectivity index (χ0n) is 14.1. The van der Waals surface area contributed by atoms with Gasteiger partial charge in [0, 0.05) is 23.6 Å². The van der Waals surface area contributed by atoms with Gasteiger partial charge in [0.25, 0.3) is 5.91 Å². The van der Waals surface area contributed by atoms with E-state index in [0.717, 1.165) is 5.69 Å². The number of methoxy groups -OCH3 is 1. The van der Waals surface area contributed by atoms with Gasteiger partial charge in [0.05, 0.1) is 12.8 Å². The maximum atomic E-state index is 12.7. The van der Waals surface area contributed by atoms with Crippen LogP contribution in [-0.2, 0) is 0 Å². The largest absolute Gasteiger partial charge is 0.493 e. The fourth-order valence-corrected chi connectivity index (χ4v) is 2.76. The van der Waals surface area contributed by atoms with E-state index in [4.69, 9.17) is 14.2 Å². The molecule has 7 nitrogen and oxygen atoms in total. The highest BCUT2D eigenvalue weighted by Crippen LogP contribution is 2.40. The van der Waals surface area contributed by atoms with Crippen LogP contribution in [0.15, 0.2) is 54.9 Å². The molecule has 0 fully saturated rings. The molecule has 1 N–H and O–H groups in total. The van der Waals surface area contributed by atoms with E-state index >= 15 is 0 Å². The molecule has 1 aliphatic heterocycles. The van der Waals surface area contributed by atoms with E-state index in [1.807, 2.05) is 36.5 Å². The molecule has 3 aromatic rings. The summed E-state index contributed by atoms with van der Waals surface area (Å²) in [7, 11) is 1.53. The van der Waals surface area contributed by atoms with Crippen molar-refractivity contribution in [1.29, 1.82) is 0 Å². The second-order valence-electron chi connectivity index (χ2n) is 5.66. The van der Waals surface area contributed by atoms with E-state index in [-0.39, 0.29) is 5.91 Å². The van der Waals surface area contributed by atoms with Gasteiger partial charge in [-0.1, -0.05) is 6.07 Å². The van der Waals surface area contributed by atoms with Crippen LogP contribution in [0.3, 0.4) is 0 Å². The molecule has 0 radical (unpaired) electrons. The normalized spacial score (nSPS) is 12.5. The van der Waals surface area contributed by atoms with E-state index in [9.17, 15) is 4.79 Å². The molecule has 0 spiro atoms. The van der Waals surface area contributed by atoms with Crippen LogP contribution < -0.4 is 19.5 Å². The smallest absolute Gasteiger partial charge is 0.255 e. The second-order valence-corrected chi connectivity index (χ2v) is 5.66. The van der Waals surface area contributed by atoms with Crippen LogP contribution in [0.5, 0.6) is 17.2 Å².